The molecule has 0 amide bonds. The van der Waals surface area contributed by atoms with Crippen molar-refractivity contribution in [3.8, 4) is 0 Å². The number of piperidine rings is 2. The number of hydrogen-bond donors (Lipinski definition) is 3. The molecule has 0 saturated carbocycles. The first-order valence-electron chi connectivity index (χ1n) is 7.80. The summed E-state index contributed by atoms with van der Waals surface area (Å²) in [5.41, 5.74) is 0. The highest BCUT2D eigenvalue weighted by Gasteiger charge is 2.19. The number of carbonyl (C=O) groups is 2. The van der Waals surface area contributed by atoms with Gasteiger partial charge in [-0.1, -0.05) is 0 Å². The van der Waals surface area contributed by atoms with Crippen molar-refractivity contribution in [1.82, 2.24) is 10.2 Å². The van der Waals surface area contributed by atoms with E-state index >= 15 is 0 Å². The monoisotopic (exact) mass is 300 g/mol. The Kier molecular flexibility index (Phi) is 8.30. The Morgan fingerprint density at radius 1 is 1.10 bits per heavy atom. The van der Waals surface area contributed by atoms with Crippen LogP contribution < -0.4 is 5.32 Å². The Morgan fingerprint density at radius 3 is 2.24 bits per heavy atom. The van der Waals surface area contributed by atoms with Gasteiger partial charge in [-0.2, -0.15) is 0 Å². The van der Waals surface area contributed by atoms with Gasteiger partial charge in [-0.05, 0) is 64.2 Å². The van der Waals surface area contributed by atoms with Gasteiger partial charge in [0, 0.05) is 19.4 Å². The fourth-order valence-corrected chi connectivity index (χ4v) is 3.03. The van der Waals surface area contributed by atoms with Crippen LogP contribution in [0, 0.1) is 11.8 Å². The SMILES string of the molecule is CN1CCCC(CC(=O)O)C1.O=C(O)CC1CCCNC1. The van der Waals surface area contributed by atoms with Crippen LogP contribution in [-0.2, 0) is 9.59 Å². The van der Waals surface area contributed by atoms with Gasteiger partial charge in [0.15, 0.2) is 0 Å². The number of rotatable bonds is 4. The predicted octanol–water partition coefficient (Wildman–Crippen LogP) is 1.26. The van der Waals surface area contributed by atoms with Crippen molar-refractivity contribution in [2.24, 2.45) is 11.8 Å². The van der Waals surface area contributed by atoms with Crippen molar-refractivity contribution >= 4 is 11.9 Å². The van der Waals surface area contributed by atoms with Gasteiger partial charge in [0.05, 0.1) is 0 Å². The third-order valence-electron chi connectivity index (χ3n) is 4.05. The van der Waals surface area contributed by atoms with Crippen molar-refractivity contribution < 1.29 is 19.8 Å². The summed E-state index contributed by atoms with van der Waals surface area (Å²) in [4.78, 5) is 22.8. The molecule has 0 aromatic heterocycles. The smallest absolute Gasteiger partial charge is 0.303 e. The minimum atomic E-state index is -0.672. The van der Waals surface area contributed by atoms with E-state index in [9.17, 15) is 9.59 Å². The third kappa shape index (κ3) is 8.67. The van der Waals surface area contributed by atoms with Gasteiger partial charge in [0.25, 0.3) is 0 Å². The molecule has 0 radical (unpaired) electrons. The fourth-order valence-electron chi connectivity index (χ4n) is 3.03. The number of likely N-dealkylation sites (tertiary alicyclic amines) is 1. The van der Waals surface area contributed by atoms with Crippen molar-refractivity contribution in [3.63, 3.8) is 0 Å². The number of aliphatic carboxylic acids is 2. The van der Waals surface area contributed by atoms with E-state index < -0.39 is 11.9 Å². The third-order valence-corrected chi connectivity index (χ3v) is 4.05. The molecule has 2 fully saturated rings. The molecule has 0 aliphatic carbocycles. The van der Waals surface area contributed by atoms with Gasteiger partial charge >= 0.3 is 11.9 Å². The molecule has 0 spiro atoms. The molecule has 2 atom stereocenters. The standard InChI is InChI=1S/C8H15NO2.C7H13NO2/c1-9-4-2-3-7(6-9)5-8(10)11;9-7(10)4-6-2-1-3-8-5-6/h7H,2-6H2,1H3,(H,10,11);6,8H,1-5H2,(H,9,10). The molecule has 2 heterocycles. The van der Waals surface area contributed by atoms with Crippen LogP contribution >= 0.6 is 0 Å². The Bertz CT molecular complexity index is 330. The van der Waals surface area contributed by atoms with Gasteiger partial charge in [-0.3, -0.25) is 9.59 Å². The van der Waals surface area contributed by atoms with Crippen molar-refractivity contribution in [1.29, 1.82) is 0 Å². The first-order chi connectivity index (χ1) is 9.97. The average molecular weight is 300 g/mol. The van der Waals surface area contributed by atoms with Crippen molar-refractivity contribution in [2.75, 3.05) is 33.2 Å². The lowest BCUT2D eigenvalue weighted by Gasteiger charge is -2.28. The molecule has 3 N–H and O–H groups in total. The van der Waals surface area contributed by atoms with Gasteiger partial charge in [-0.15, -0.1) is 0 Å². The Labute approximate surface area is 126 Å². The minimum Gasteiger partial charge on any atom is -0.481 e. The fraction of sp³-hybridized carbons (Fsp3) is 0.867. The zero-order valence-electron chi connectivity index (χ0n) is 12.9. The maximum atomic E-state index is 10.4. The summed E-state index contributed by atoms with van der Waals surface area (Å²) >= 11 is 0. The first-order valence-corrected chi connectivity index (χ1v) is 7.80. The van der Waals surface area contributed by atoms with Crippen molar-refractivity contribution in [3.05, 3.63) is 0 Å². The largest absolute Gasteiger partial charge is 0.481 e. The van der Waals surface area contributed by atoms with E-state index in [1.807, 2.05) is 7.05 Å². The molecule has 0 bridgehead atoms. The highest BCUT2D eigenvalue weighted by atomic mass is 16.4. The minimum absolute atomic E-state index is 0.326. The summed E-state index contributed by atoms with van der Waals surface area (Å²) in [7, 11) is 2.05. The van der Waals surface area contributed by atoms with E-state index in [1.54, 1.807) is 0 Å². The van der Waals surface area contributed by atoms with Gasteiger partial charge in [0.2, 0.25) is 0 Å². The molecule has 21 heavy (non-hydrogen) atoms. The van der Waals surface area contributed by atoms with Crippen molar-refractivity contribution in [2.45, 2.75) is 38.5 Å². The quantitative estimate of drug-likeness (QED) is 0.724. The molecule has 2 aliphatic heterocycles. The van der Waals surface area contributed by atoms with Gasteiger partial charge < -0.3 is 20.4 Å². The van der Waals surface area contributed by atoms with Crippen LogP contribution in [0.2, 0.25) is 0 Å². The van der Waals surface area contributed by atoms with Crippen LogP contribution in [0.1, 0.15) is 38.5 Å². The second-order valence-corrected chi connectivity index (χ2v) is 6.18. The molecule has 2 unspecified atom stereocenters. The van der Waals surface area contributed by atoms with Crippen LogP contribution in [0.25, 0.3) is 0 Å². The van der Waals surface area contributed by atoms with E-state index in [0.29, 0.717) is 24.7 Å². The van der Waals surface area contributed by atoms with Crippen LogP contribution in [0.5, 0.6) is 0 Å². The van der Waals surface area contributed by atoms with E-state index in [-0.39, 0.29) is 0 Å². The molecule has 2 saturated heterocycles. The number of nitrogens with zero attached hydrogens (tertiary/aromatic N) is 1. The highest BCUT2D eigenvalue weighted by molar-refractivity contribution is 5.67. The lowest BCUT2D eigenvalue weighted by Crippen LogP contribution is -2.33. The second kappa shape index (κ2) is 9.73. The zero-order chi connectivity index (χ0) is 15.7. The molecule has 6 nitrogen and oxygen atoms in total. The van der Waals surface area contributed by atoms with Crippen LogP contribution in [0.4, 0.5) is 0 Å². The molecule has 6 heteroatoms. The lowest BCUT2D eigenvalue weighted by atomic mass is 9.95. The molecule has 0 aromatic rings. The molecule has 2 rings (SSSR count). The normalized spacial score (nSPS) is 26.5. The van der Waals surface area contributed by atoms with E-state index in [2.05, 4.69) is 10.2 Å². The average Bonchev–Trinajstić information content (AvgIpc) is 2.39. The Balaban J connectivity index is 0.000000211. The maximum absolute atomic E-state index is 10.4. The summed E-state index contributed by atoms with van der Waals surface area (Å²) in [6, 6.07) is 0. The van der Waals surface area contributed by atoms with E-state index in [1.165, 1.54) is 0 Å². The van der Waals surface area contributed by atoms with Crippen LogP contribution in [0.3, 0.4) is 0 Å². The lowest BCUT2D eigenvalue weighted by molar-refractivity contribution is -0.139. The number of carboxylic acid groups (broad SMARTS) is 2. The van der Waals surface area contributed by atoms with Crippen LogP contribution in [-0.4, -0.2) is 60.3 Å². The maximum Gasteiger partial charge on any atom is 0.303 e. The number of carboxylic acids is 2. The second-order valence-electron chi connectivity index (χ2n) is 6.18. The number of hydrogen-bond acceptors (Lipinski definition) is 4. The summed E-state index contributed by atoms with van der Waals surface area (Å²) in [6.45, 7) is 4.00. The first kappa shape index (κ1) is 17.9. The highest BCUT2D eigenvalue weighted by Crippen LogP contribution is 2.17. The topological polar surface area (TPSA) is 89.9 Å². The van der Waals surface area contributed by atoms with Gasteiger partial charge in [0.1, 0.15) is 0 Å². The zero-order valence-corrected chi connectivity index (χ0v) is 12.9. The summed E-state index contributed by atoms with van der Waals surface area (Å²) in [6.07, 6.45) is 5.08. The summed E-state index contributed by atoms with van der Waals surface area (Å²) < 4.78 is 0. The van der Waals surface area contributed by atoms with Gasteiger partial charge in [-0.25, -0.2) is 0 Å². The van der Waals surface area contributed by atoms with Crippen LogP contribution in [0.15, 0.2) is 0 Å². The molecular formula is C15H28N2O4. The Morgan fingerprint density at radius 2 is 1.71 bits per heavy atom. The molecule has 122 valence electrons. The van der Waals surface area contributed by atoms with E-state index in [4.69, 9.17) is 10.2 Å². The van der Waals surface area contributed by atoms with E-state index in [0.717, 1.165) is 51.9 Å². The summed E-state index contributed by atoms with van der Waals surface area (Å²) in [5.74, 6) is -0.587. The summed E-state index contributed by atoms with van der Waals surface area (Å²) in [5, 5.41) is 20.1. The Hall–Kier alpha value is -1.14. The molecular weight excluding hydrogens is 272 g/mol. The molecule has 0 aromatic carbocycles. The number of nitrogens with one attached hydrogen (secondary N) is 1. The molecule has 2 aliphatic rings. The predicted molar refractivity (Wildman–Crippen MR) is 80.3 cm³/mol.